The lowest BCUT2D eigenvalue weighted by molar-refractivity contribution is -0.144. The highest BCUT2D eigenvalue weighted by Gasteiger charge is 2.24. The molecule has 6 heteroatoms. The molecule has 1 aromatic rings. The number of hydrogen-bond acceptors (Lipinski definition) is 6. The molecule has 0 aliphatic carbocycles. The summed E-state index contributed by atoms with van der Waals surface area (Å²) in [4.78, 5) is 17.8. The number of morpholine rings is 1. The number of anilines is 2. The van der Waals surface area contributed by atoms with Gasteiger partial charge in [-0.15, -0.1) is 0 Å². The Hall–Kier alpha value is -1.82. The molecule has 19 heavy (non-hydrogen) atoms. The number of rotatable bonds is 3. The van der Waals surface area contributed by atoms with Crippen LogP contribution in [0.4, 0.5) is 11.5 Å². The van der Waals surface area contributed by atoms with E-state index in [0.717, 1.165) is 17.9 Å². The Labute approximate surface area is 112 Å². The maximum absolute atomic E-state index is 11.3. The van der Waals surface area contributed by atoms with Gasteiger partial charge >= 0.3 is 5.97 Å². The molecule has 1 aromatic heterocycles. The van der Waals surface area contributed by atoms with Crippen molar-refractivity contribution in [2.45, 2.75) is 19.4 Å². The molecule has 1 atom stereocenters. The zero-order chi connectivity index (χ0) is 13.8. The minimum absolute atomic E-state index is 0.153. The molecular formula is C13H19N3O3. The second kappa shape index (κ2) is 5.88. The summed E-state index contributed by atoms with van der Waals surface area (Å²) in [5.74, 6) is 0.640. The first-order valence-corrected chi connectivity index (χ1v) is 6.25. The van der Waals surface area contributed by atoms with Crippen molar-refractivity contribution >= 4 is 17.5 Å². The van der Waals surface area contributed by atoms with Crippen molar-refractivity contribution in [1.82, 2.24) is 4.98 Å². The van der Waals surface area contributed by atoms with Gasteiger partial charge in [-0.05, 0) is 18.6 Å². The molecule has 1 aliphatic rings. The van der Waals surface area contributed by atoms with Gasteiger partial charge < -0.3 is 20.1 Å². The van der Waals surface area contributed by atoms with Crippen molar-refractivity contribution in [1.29, 1.82) is 0 Å². The summed E-state index contributed by atoms with van der Waals surface area (Å²) in [6, 6.07) is 1.90. The van der Waals surface area contributed by atoms with Crippen LogP contribution in [0.25, 0.3) is 0 Å². The molecule has 2 heterocycles. The van der Waals surface area contributed by atoms with Crippen LogP contribution in [-0.4, -0.2) is 43.9 Å². The number of nitrogens with two attached hydrogens (primary N) is 1. The second-order valence-corrected chi connectivity index (χ2v) is 4.63. The van der Waals surface area contributed by atoms with Crippen LogP contribution in [0.5, 0.6) is 0 Å². The largest absolute Gasteiger partial charge is 0.469 e. The number of pyridine rings is 1. The molecular weight excluding hydrogens is 246 g/mol. The van der Waals surface area contributed by atoms with E-state index in [2.05, 4.69) is 14.6 Å². The second-order valence-electron chi connectivity index (χ2n) is 4.63. The lowest BCUT2D eigenvalue weighted by Crippen LogP contribution is -2.44. The molecule has 0 radical (unpaired) electrons. The molecule has 104 valence electrons. The molecule has 0 bridgehead atoms. The van der Waals surface area contributed by atoms with Crippen LogP contribution < -0.4 is 10.6 Å². The van der Waals surface area contributed by atoms with E-state index in [4.69, 9.17) is 10.5 Å². The summed E-state index contributed by atoms with van der Waals surface area (Å²) in [7, 11) is 1.38. The SMILES string of the molecule is COC(=O)CC1CN(c2ncc(N)cc2C)CCO1. The first kappa shape index (κ1) is 13.6. The van der Waals surface area contributed by atoms with Gasteiger partial charge in [0, 0.05) is 13.1 Å². The number of carbonyl (C=O) groups excluding carboxylic acids is 1. The smallest absolute Gasteiger partial charge is 0.308 e. The van der Waals surface area contributed by atoms with E-state index in [1.807, 2.05) is 13.0 Å². The minimum Gasteiger partial charge on any atom is -0.469 e. The van der Waals surface area contributed by atoms with Gasteiger partial charge in [0.15, 0.2) is 0 Å². The average molecular weight is 265 g/mol. The Bertz CT molecular complexity index is 464. The summed E-state index contributed by atoms with van der Waals surface area (Å²) in [6.45, 7) is 3.94. The van der Waals surface area contributed by atoms with Crippen molar-refractivity contribution < 1.29 is 14.3 Å². The normalized spacial score (nSPS) is 19.3. The lowest BCUT2D eigenvalue weighted by Gasteiger charge is -2.34. The summed E-state index contributed by atoms with van der Waals surface area (Å²) in [6.07, 6.45) is 1.76. The molecule has 1 aliphatic heterocycles. The number of aryl methyl sites for hydroxylation is 1. The Morgan fingerprint density at radius 1 is 1.68 bits per heavy atom. The zero-order valence-corrected chi connectivity index (χ0v) is 11.3. The number of hydrogen-bond donors (Lipinski definition) is 1. The number of aromatic nitrogens is 1. The number of methoxy groups -OCH3 is 1. The maximum Gasteiger partial charge on any atom is 0.308 e. The van der Waals surface area contributed by atoms with Gasteiger partial charge in [0.05, 0.1) is 38.1 Å². The molecule has 0 spiro atoms. The van der Waals surface area contributed by atoms with Crippen LogP contribution in [0.2, 0.25) is 0 Å². The van der Waals surface area contributed by atoms with Gasteiger partial charge in [-0.3, -0.25) is 4.79 Å². The van der Waals surface area contributed by atoms with Crippen LogP contribution in [0.1, 0.15) is 12.0 Å². The van der Waals surface area contributed by atoms with E-state index in [0.29, 0.717) is 18.8 Å². The highest BCUT2D eigenvalue weighted by molar-refractivity contribution is 5.70. The number of carbonyl (C=O) groups is 1. The first-order chi connectivity index (χ1) is 9.10. The van der Waals surface area contributed by atoms with Crippen molar-refractivity contribution in [3.05, 3.63) is 17.8 Å². The van der Waals surface area contributed by atoms with Crippen LogP contribution >= 0.6 is 0 Å². The third-order valence-corrected chi connectivity index (χ3v) is 3.13. The fourth-order valence-electron chi connectivity index (χ4n) is 2.22. The van der Waals surface area contributed by atoms with Gasteiger partial charge in [0.2, 0.25) is 0 Å². The van der Waals surface area contributed by atoms with E-state index >= 15 is 0 Å². The summed E-state index contributed by atoms with van der Waals surface area (Å²) < 4.78 is 10.2. The standard InChI is InChI=1S/C13H19N3O3/c1-9-5-10(14)7-15-13(9)16-3-4-19-11(8-16)6-12(17)18-2/h5,7,11H,3-4,6,8,14H2,1-2H3. The van der Waals surface area contributed by atoms with Gasteiger partial charge in [0.1, 0.15) is 5.82 Å². The molecule has 0 saturated carbocycles. The third kappa shape index (κ3) is 3.35. The topological polar surface area (TPSA) is 77.7 Å². The minimum atomic E-state index is -0.256. The quantitative estimate of drug-likeness (QED) is 0.812. The predicted octanol–water partition coefficient (Wildman–Crippen LogP) is 0.741. The van der Waals surface area contributed by atoms with Crippen LogP contribution in [0.3, 0.4) is 0 Å². The van der Waals surface area contributed by atoms with Gasteiger partial charge in [-0.2, -0.15) is 0 Å². The van der Waals surface area contributed by atoms with E-state index in [1.165, 1.54) is 7.11 Å². The van der Waals surface area contributed by atoms with Gasteiger partial charge in [-0.1, -0.05) is 0 Å². The first-order valence-electron chi connectivity index (χ1n) is 6.25. The zero-order valence-electron chi connectivity index (χ0n) is 11.3. The van der Waals surface area contributed by atoms with E-state index in [-0.39, 0.29) is 18.5 Å². The Balaban J connectivity index is 2.06. The molecule has 1 unspecified atom stereocenters. The fraction of sp³-hybridized carbons (Fsp3) is 0.538. The Morgan fingerprint density at radius 3 is 3.16 bits per heavy atom. The molecule has 0 amide bonds. The number of esters is 1. The highest BCUT2D eigenvalue weighted by atomic mass is 16.5. The van der Waals surface area contributed by atoms with Crippen LogP contribution in [-0.2, 0) is 14.3 Å². The Morgan fingerprint density at radius 2 is 2.47 bits per heavy atom. The molecule has 2 N–H and O–H groups in total. The lowest BCUT2D eigenvalue weighted by atomic mass is 10.2. The number of nitrogens with zero attached hydrogens (tertiary/aromatic N) is 2. The van der Waals surface area contributed by atoms with Gasteiger partial charge in [-0.25, -0.2) is 4.98 Å². The van der Waals surface area contributed by atoms with E-state index in [1.54, 1.807) is 6.20 Å². The molecule has 1 fully saturated rings. The van der Waals surface area contributed by atoms with Crippen molar-refractivity contribution in [3.63, 3.8) is 0 Å². The summed E-state index contributed by atoms with van der Waals surface area (Å²) in [5.41, 5.74) is 7.38. The predicted molar refractivity (Wildman–Crippen MR) is 72.0 cm³/mol. The van der Waals surface area contributed by atoms with Crippen molar-refractivity contribution in [2.24, 2.45) is 0 Å². The third-order valence-electron chi connectivity index (χ3n) is 3.13. The van der Waals surface area contributed by atoms with Crippen LogP contribution in [0.15, 0.2) is 12.3 Å². The van der Waals surface area contributed by atoms with Crippen LogP contribution in [0, 0.1) is 6.92 Å². The molecule has 0 aromatic carbocycles. The fourth-order valence-corrected chi connectivity index (χ4v) is 2.22. The van der Waals surface area contributed by atoms with E-state index < -0.39 is 0 Å². The summed E-state index contributed by atoms with van der Waals surface area (Å²) in [5, 5.41) is 0. The van der Waals surface area contributed by atoms with Crippen molar-refractivity contribution in [2.75, 3.05) is 37.4 Å². The van der Waals surface area contributed by atoms with Gasteiger partial charge in [0.25, 0.3) is 0 Å². The number of nitrogen functional groups attached to an aromatic ring is 1. The molecule has 1 saturated heterocycles. The molecule has 6 nitrogen and oxygen atoms in total. The Kier molecular flexibility index (Phi) is 4.21. The average Bonchev–Trinajstić information content (AvgIpc) is 2.39. The summed E-state index contributed by atoms with van der Waals surface area (Å²) >= 11 is 0. The number of ether oxygens (including phenoxy) is 2. The van der Waals surface area contributed by atoms with E-state index in [9.17, 15) is 4.79 Å². The monoisotopic (exact) mass is 265 g/mol. The molecule has 2 rings (SSSR count). The highest BCUT2D eigenvalue weighted by Crippen LogP contribution is 2.22. The van der Waals surface area contributed by atoms with Crippen molar-refractivity contribution in [3.8, 4) is 0 Å². The maximum atomic E-state index is 11.3.